The van der Waals surface area contributed by atoms with E-state index >= 15 is 0 Å². The summed E-state index contributed by atoms with van der Waals surface area (Å²) in [6.45, 7) is 3.01. The van der Waals surface area contributed by atoms with Crippen LogP contribution >= 0.6 is 0 Å². The van der Waals surface area contributed by atoms with Crippen LogP contribution in [-0.2, 0) is 7.05 Å². The number of hydrogen-bond donors (Lipinski definition) is 2. The summed E-state index contributed by atoms with van der Waals surface area (Å²) in [5.41, 5.74) is 0. The molecule has 1 fully saturated rings. The van der Waals surface area contributed by atoms with Crippen LogP contribution < -0.4 is 5.32 Å². The van der Waals surface area contributed by atoms with E-state index < -0.39 is 0 Å². The van der Waals surface area contributed by atoms with E-state index in [1.165, 1.54) is 12.8 Å². The molecule has 4 nitrogen and oxygen atoms in total. The van der Waals surface area contributed by atoms with Crippen LogP contribution in [0, 0.1) is 5.92 Å². The smallest absolute Gasteiger partial charge is 0.125 e. The van der Waals surface area contributed by atoms with E-state index in [4.69, 9.17) is 0 Å². The first-order valence-corrected chi connectivity index (χ1v) is 6.57. The van der Waals surface area contributed by atoms with Crippen LogP contribution in [0.2, 0.25) is 0 Å². The molecule has 0 saturated heterocycles. The van der Waals surface area contributed by atoms with Crippen molar-refractivity contribution in [2.75, 3.05) is 6.54 Å². The molecular formula is C13H23N3O. The van der Waals surface area contributed by atoms with Gasteiger partial charge in [-0.1, -0.05) is 12.8 Å². The van der Waals surface area contributed by atoms with Gasteiger partial charge < -0.3 is 15.0 Å². The molecule has 1 aromatic heterocycles. The van der Waals surface area contributed by atoms with Gasteiger partial charge in [-0.15, -0.1) is 0 Å². The summed E-state index contributed by atoms with van der Waals surface area (Å²) in [6, 6.07) is 0.240. The molecule has 2 N–H and O–H groups in total. The third-order valence-corrected chi connectivity index (χ3v) is 3.80. The maximum atomic E-state index is 9.91. The Balaban J connectivity index is 1.83. The Hall–Kier alpha value is -0.870. The molecule has 0 radical (unpaired) electrons. The number of hydrogen-bond acceptors (Lipinski definition) is 3. The second kappa shape index (κ2) is 5.65. The first kappa shape index (κ1) is 12.6. The van der Waals surface area contributed by atoms with E-state index in [-0.39, 0.29) is 12.1 Å². The van der Waals surface area contributed by atoms with Gasteiger partial charge in [-0.3, -0.25) is 0 Å². The van der Waals surface area contributed by atoms with Crippen molar-refractivity contribution >= 4 is 0 Å². The van der Waals surface area contributed by atoms with Crippen molar-refractivity contribution in [1.82, 2.24) is 14.9 Å². The largest absolute Gasteiger partial charge is 0.393 e. The minimum absolute atomic E-state index is 0.121. The fourth-order valence-corrected chi connectivity index (χ4v) is 2.64. The van der Waals surface area contributed by atoms with E-state index in [2.05, 4.69) is 17.2 Å². The lowest BCUT2D eigenvalue weighted by atomic mass is 9.86. The summed E-state index contributed by atoms with van der Waals surface area (Å²) in [5.74, 6) is 1.46. The van der Waals surface area contributed by atoms with Gasteiger partial charge in [0.2, 0.25) is 0 Å². The average molecular weight is 237 g/mol. The topological polar surface area (TPSA) is 50.1 Å². The molecule has 0 spiro atoms. The predicted octanol–water partition coefficient (Wildman–Crippen LogP) is 1.62. The highest BCUT2D eigenvalue weighted by atomic mass is 16.3. The standard InChI is InChI=1S/C13H23N3O/c1-10(13-14-7-8-16(13)2)15-9-11-5-3-4-6-12(11)17/h7-8,10-12,15,17H,3-6,9H2,1-2H3. The number of aromatic nitrogens is 2. The number of nitrogens with one attached hydrogen (secondary N) is 1. The fraction of sp³-hybridized carbons (Fsp3) is 0.769. The normalized spacial score (nSPS) is 27.0. The first-order valence-electron chi connectivity index (χ1n) is 6.57. The Kier molecular flexibility index (Phi) is 4.18. The molecule has 0 amide bonds. The maximum absolute atomic E-state index is 9.91. The van der Waals surface area contributed by atoms with Gasteiger partial charge in [0.1, 0.15) is 5.82 Å². The second-order valence-corrected chi connectivity index (χ2v) is 5.14. The lowest BCUT2D eigenvalue weighted by molar-refractivity contribution is 0.0682. The molecule has 2 rings (SSSR count). The maximum Gasteiger partial charge on any atom is 0.125 e. The zero-order valence-corrected chi connectivity index (χ0v) is 10.8. The summed E-state index contributed by atoms with van der Waals surface area (Å²) in [5, 5.41) is 13.4. The van der Waals surface area contributed by atoms with Crippen LogP contribution in [0.4, 0.5) is 0 Å². The number of imidazole rings is 1. The third-order valence-electron chi connectivity index (χ3n) is 3.80. The van der Waals surface area contributed by atoms with E-state index in [0.717, 1.165) is 25.2 Å². The van der Waals surface area contributed by atoms with E-state index in [1.807, 2.05) is 24.0 Å². The van der Waals surface area contributed by atoms with Crippen LogP contribution in [0.15, 0.2) is 12.4 Å². The van der Waals surface area contributed by atoms with Crippen molar-refractivity contribution in [3.63, 3.8) is 0 Å². The molecule has 1 aliphatic rings. The molecule has 0 bridgehead atoms. The van der Waals surface area contributed by atoms with E-state index in [0.29, 0.717) is 5.92 Å². The molecule has 3 unspecified atom stereocenters. The number of aryl methyl sites for hydroxylation is 1. The summed E-state index contributed by atoms with van der Waals surface area (Å²) in [4.78, 5) is 4.34. The lowest BCUT2D eigenvalue weighted by Gasteiger charge is -2.28. The molecule has 17 heavy (non-hydrogen) atoms. The molecule has 1 saturated carbocycles. The average Bonchev–Trinajstić information content (AvgIpc) is 2.74. The Bertz CT molecular complexity index is 350. The Morgan fingerprint density at radius 3 is 2.94 bits per heavy atom. The van der Waals surface area contributed by atoms with Crippen LogP contribution in [0.25, 0.3) is 0 Å². The van der Waals surface area contributed by atoms with Crippen molar-refractivity contribution in [2.24, 2.45) is 13.0 Å². The van der Waals surface area contributed by atoms with Gasteiger partial charge in [0.15, 0.2) is 0 Å². The van der Waals surface area contributed by atoms with Crippen molar-refractivity contribution in [1.29, 1.82) is 0 Å². The Morgan fingerprint density at radius 2 is 2.29 bits per heavy atom. The molecule has 0 aromatic carbocycles. The van der Waals surface area contributed by atoms with Crippen LogP contribution in [-0.4, -0.2) is 27.3 Å². The van der Waals surface area contributed by atoms with Crippen molar-refractivity contribution in [3.8, 4) is 0 Å². The Labute approximate surface area is 103 Å². The highest BCUT2D eigenvalue weighted by Gasteiger charge is 2.23. The van der Waals surface area contributed by atoms with E-state index in [9.17, 15) is 5.11 Å². The van der Waals surface area contributed by atoms with Gasteiger partial charge in [0.05, 0.1) is 12.1 Å². The van der Waals surface area contributed by atoms with Crippen LogP contribution in [0.1, 0.15) is 44.5 Å². The molecule has 96 valence electrons. The highest BCUT2D eigenvalue weighted by Crippen LogP contribution is 2.24. The number of aliphatic hydroxyl groups is 1. The highest BCUT2D eigenvalue weighted by molar-refractivity contribution is 4.97. The molecule has 1 aromatic rings. The summed E-state index contributed by atoms with van der Waals surface area (Å²) in [6.07, 6.45) is 8.19. The Morgan fingerprint density at radius 1 is 1.53 bits per heavy atom. The molecule has 1 aliphatic carbocycles. The second-order valence-electron chi connectivity index (χ2n) is 5.14. The first-order chi connectivity index (χ1) is 8.18. The zero-order valence-electron chi connectivity index (χ0n) is 10.8. The van der Waals surface area contributed by atoms with E-state index in [1.54, 1.807) is 0 Å². The van der Waals surface area contributed by atoms with Crippen LogP contribution in [0.3, 0.4) is 0 Å². The molecule has 3 atom stereocenters. The van der Waals surface area contributed by atoms with Gasteiger partial charge in [0.25, 0.3) is 0 Å². The summed E-state index contributed by atoms with van der Waals surface area (Å²) < 4.78 is 2.04. The lowest BCUT2D eigenvalue weighted by Crippen LogP contribution is -2.35. The third kappa shape index (κ3) is 3.07. The van der Waals surface area contributed by atoms with Gasteiger partial charge in [-0.05, 0) is 25.7 Å². The molecule has 0 aliphatic heterocycles. The van der Waals surface area contributed by atoms with Gasteiger partial charge in [0, 0.05) is 26.0 Å². The SMILES string of the molecule is CC(NCC1CCCCC1O)c1nccn1C. The van der Waals surface area contributed by atoms with Crippen LogP contribution in [0.5, 0.6) is 0 Å². The fourth-order valence-electron chi connectivity index (χ4n) is 2.64. The van der Waals surface area contributed by atoms with Gasteiger partial charge in [-0.2, -0.15) is 0 Å². The molecule has 1 heterocycles. The molecular weight excluding hydrogens is 214 g/mol. The summed E-state index contributed by atoms with van der Waals surface area (Å²) >= 11 is 0. The number of rotatable bonds is 4. The van der Waals surface area contributed by atoms with Gasteiger partial charge >= 0.3 is 0 Å². The number of nitrogens with zero attached hydrogens (tertiary/aromatic N) is 2. The van der Waals surface area contributed by atoms with Crippen molar-refractivity contribution in [2.45, 2.75) is 44.8 Å². The predicted molar refractivity (Wildman–Crippen MR) is 67.6 cm³/mol. The minimum Gasteiger partial charge on any atom is -0.393 e. The monoisotopic (exact) mass is 237 g/mol. The van der Waals surface area contributed by atoms with Crippen molar-refractivity contribution < 1.29 is 5.11 Å². The minimum atomic E-state index is -0.121. The quantitative estimate of drug-likeness (QED) is 0.836. The number of aliphatic hydroxyl groups excluding tert-OH is 1. The molecule has 4 heteroatoms. The summed E-state index contributed by atoms with van der Waals surface area (Å²) in [7, 11) is 2.01. The van der Waals surface area contributed by atoms with Crippen molar-refractivity contribution in [3.05, 3.63) is 18.2 Å². The zero-order chi connectivity index (χ0) is 12.3. The van der Waals surface area contributed by atoms with Gasteiger partial charge in [-0.25, -0.2) is 4.98 Å².